The van der Waals surface area contributed by atoms with Gasteiger partial charge in [-0.3, -0.25) is 14.4 Å². The number of methoxy groups -OCH3 is 1. The number of nitrogens with one attached hydrogen (secondary N) is 2. The number of carbonyl (C=O) groups excluding carboxylic acids is 3. The van der Waals surface area contributed by atoms with Crippen LogP contribution in [-0.2, 0) is 16.0 Å². The lowest BCUT2D eigenvalue weighted by Crippen LogP contribution is -2.33. The van der Waals surface area contributed by atoms with Crippen LogP contribution < -0.4 is 20.3 Å². The first-order valence-corrected chi connectivity index (χ1v) is 12.1. The van der Waals surface area contributed by atoms with Gasteiger partial charge in [0.05, 0.1) is 23.5 Å². The predicted octanol–water partition coefficient (Wildman–Crippen LogP) is 5.30. The van der Waals surface area contributed by atoms with Crippen molar-refractivity contribution in [3.63, 3.8) is 0 Å². The zero-order valence-electron chi connectivity index (χ0n) is 20.2. The molecule has 1 aliphatic heterocycles. The quantitative estimate of drug-likeness (QED) is 0.323. The summed E-state index contributed by atoms with van der Waals surface area (Å²) >= 11 is 12.4. The molecule has 1 heterocycles. The third kappa shape index (κ3) is 5.06. The van der Waals surface area contributed by atoms with E-state index < -0.39 is 23.7 Å². The molecule has 3 amide bonds. The van der Waals surface area contributed by atoms with Crippen molar-refractivity contribution in [1.29, 1.82) is 0 Å². The van der Waals surface area contributed by atoms with Crippen molar-refractivity contribution in [1.82, 2.24) is 0 Å². The van der Waals surface area contributed by atoms with Crippen LogP contribution >= 0.6 is 23.2 Å². The molecule has 0 aromatic heterocycles. The molecular weight excluding hydrogens is 533 g/mol. The normalized spacial score (nSPS) is 13.1. The van der Waals surface area contributed by atoms with Gasteiger partial charge in [0.1, 0.15) is 22.0 Å². The molecule has 0 saturated heterocycles. The van der Waals surface area contributed by atoms with Gasteiger partial charge >= 0.3 is 5.97 Å². The molecule has 0 fully saturated rings. The summed E-state index contributed by atoms with van der Waals surface area (Å²) in [6.07, 6.45) is 0.624. The summed E-state index contributed by atoms with van der Waals surface area (Å²) < 4.78 is 5.07. The summed E-state index contributed by atoms with van der Waals surface area (Å²) in [6, 6.07) is 15.7. The average Bonchev–Trinajstić information content (AvgIpc) is 3.12. The summed E-state index contributed by atoms with van der Waals surface area (Å²) in [7, 11) is 1.30. The number of halogens is 2. The zero-order chi connectivity index (χ0) is 27.6. The van der Waals surface area contributed by atoms with Crippen molar-refractivity contribution < 1.29 is 29.0 Å². The van der Waals surface area contributed by atoms with Crippen LogP contribution in [0.1, 0.15) is 33.2 Å². The van der Waals surface area contributed by atoms with Crippen LogP contribution in [0.3, 0.4) is 0 Å². The lowest BCUT2D eigenvalue weighted by Gasteiger charge is -2.18. The highest BCUT2D eigenvalue weighted by Crippen LogP contribution is 2.33. The molecule has 11 heteroatoms. The predicted molar refractivity (Wildman–Crippen MR) is 144 cm³/mol. The van der Waals surface area contributed by atoms with Crippen molar-refractivity contribution in [3.8, 4) is 5.75 Å². The Morgan fingerprint density at radius 3 is 2.32 bits per heavy atom. The van der Waals surface area contributed by atoms with Gasteiger partial charge in [-0.1, -0.05) is 48.3 Å². The number of aryl methyl sites for hydroxylation is 1. The molecule has 3 aromatic rings. The number of carboxylic acids is 1. The van der Waals surface area contributed by atoms with Gasteiger partial charge in [-0.05, 0) is 48.4 Å². The summed E-state index contributed by atoms with van der Waals surface area (Å²) in [5.41, 5.74) is 1.92. The number of para-hydroxylation sites is 1. The van der Waals surface area contributed by atoms with E-state index in [0.29, 0.717) is 17.8 Å². The minimum Gasteiger partial charge on any atom is -0.496 e. The van der Waals surface area contributed by atoms with Gasteiger partial charge in [-0.15, -0.1) is 0 Å². The van der Waals surface area contributed by atoms with Gasteiger partial charge in [0.2, 0.25) is 0 Å². The Labute approximate surface area is 227 Å². The van der Waals surface area contributed by atoms with Crippen molar-refractivity contribution in [2.24, 2.45) is 0 Å². The average molecular weight is 554 g/mol. The van der Waals surface area contributed by atoms with Crippen LogP contribution in [0.25, 0.3) is 0 Å². The number of amides is 3. The van der Waals surface area contributed by atoms with Crippen molar-refractivity contribution >= 4 is 64.0 Å². The third-order valence-corrected chi connectivity index (χ3v) is 6.49. The second kappa shape index (κ2) is 11.0. The lowest BCUT2D eigenvalue weighted by atomic mass is 10.1. The molecule has 4 rings (SSSR count). The van der Waals surface area contributed by atoms with Gasteiger partial charge in [0.15, 0.2) is 0 Å². The van der Waals surface area contributed by atoms with Gasteiger partial charge in [-0.2, -0.15) is 0 Å². The molecule has 0 atom stereocenters. The Kier molecular flexibility index (Phi) is 7.70. The van der Waals surface area contributed by atoms with E-state index in [2.05, 4.69) is 10.6 Å². The molecule has 1 aliphatic rings. The standard InChI is InChI=1S/C27H21Cl2N3O6/c1-3-14-6-4-5-7-20(14)32-25(34)22(29)23(26(32)35)30-16-10-8-15(9-11-16)24(33)31-19-13-21(38-2)17(27(36)37)12-18(19)28/h4-13,30H,3H2,1-2H3,(H,31,33)(H,36,37). The van der Waals surface area contributed by atoms with Crippen LogP contribution in [0.15, 0.2) is 71.4 Å². The number of rotatable bonds is 8. The van der Waals surface area contributed by atoms with Crippen molar-refractivity contribution in [2.45, 2.75) is 13.3 Å². The van der Waals surface area contributed by atoms with Crippen molar-refractivity contribution in [3.05, 3.63) is 93.1 Å². The number of hydrogen-bond acceptors (Lipinski definition) is 6. The van der Waals surface area contributed by atoms with E-state index in [0.717, 1.165) is 10.5 Å². The van der Waals surface area contributed by atoms with E-state index in [4.69, 9.17) is 27.9 Å². The Hall–Kier alpha value is -4.34. The number of nitrogens with zero attached hydrogens (tertiary/aromatic N) is 1. The third-order valence-electron chi connectivity index (χ3n) is 5.82. The SMILES string of the molecule is CCc1ccccc1N1C(=O)C(Cl)=C(Nc2ccc(C(=O)Nc3cc(OC)c(C(=O)O)cc3Cl)cc2)C1=O. The number of imide groups is 1. The Morgan fingerprint density at radius 2 is 1.68 bits per heavy atom. The molecule has 0 bridgehead atoms. The zero-order valence-corrected chi connectivity index (χ0v) is 21.7. The summed E-state index contributed by atoms with van der Waals surface area (Å²) in [5, 5.41) is 14.5. The van der Waals surface area contributed by atoms with Crippen LogP contribution in [0.2, 0.25) is 5.02 Å². The van der Waals surface area contributed by atoms with E-state index in [9.17, 15) is 24.3 Å². The molecule has 0 aliphatic carbocycles. The first-order chi connectivity index (χ1) is 18.2. The molecule has 0 saturated carbocycles. The maximum absolute atomic E-state index is 13.1. The van der Waals surface area contributed by atoms with Crippen molar-refractivity contribution in [2.75, 3.05) is 22.6 Å². The Morgan fingerprint density at radius 1 is 1.00 bits per heavy atom. The maximum atomic E-state index is 13.1. The van der Waals surface area contributed by atoms with Gasteiger partial charge in [-0.25, -0.2) is 9.69 Å². The fourth-order valence-corrected chi connectivity index (χ4v) is 4.31. The second-order valence-corrected chi connectivity index (χ2v) is 8.90. The summed E-state index contributed by atoms with van der Waals surface area (Å²) in [4.78, 5) is 51.0. The highest BCUT2D eigenvalue weighted by atomic mass is 35.5. The van der Waals surface area contributed by atoms with Crippen LogP contribution in [0, 0.1) is 0 Å². The number of hydrogen-bond donors (Lipinski definition) is 3. The molecule has 0 unspecified atom stereocenters. The number of carbonyl (C=O) groups is 4. The molecule has 0 radical (unpaired) electrons. The Bertz CT molecular complexity index is 1500. The molecular formula is C27H21Cl2N3O6. The van der Waals surface area contributed by atoms with Crippen LogP contribution in [0.4, 0.5) is 17.1 Å². The number of carboxylic acid groups (broad SMARTS) is 1. The number of aromatic carboxylic acids is 1. The summed E-state index contributed by atoms with van der Waals surface area (Å²) in [6.45, 7) is 1.92. The molecule has 3 aromatic carbocycles. The minimum absolute atomic E-state index is 0.0232. The van der Waals surface area contributed by atoms with E-state index in [1.54, 1.807) is 24.3 Å². The molecule has 194 valence electrons. The highest BCUT2D eigenvalue weighted by molar-refractivity contribution is 6.53. The monoisotopic (exact) mass is 553 g/mol. The highest BCUT2D eigenvalue weighted by Gasteiger charge is 2.39. The van der Waals surface area contributed by atoms with Gasteiger partial charge in [0, 0.05) is 17.3 Å². The molecule has 3 N–H and O–H groups in total. The first kappa shape index (κ1) is 26.7. The topological polar surface area (TPSA) is 125 Å². The molecule has 38 heavy (non-hydrogen) atoms. The van der Waals surface area contributed by atoms with E-state index in [1.165, 1.54) is 31.4 Å². The first-order valence-electron chi connectivity index (χ1n) is 11.3. The number of benzene rings is 3. The van der Waals surface area contributed by atoms with Crippen LogP contribution in [-0.4, -0.2) is 35.9 Å². The van der Waals surface area contributed by atoms with Crippen LogP contribution in [0.5, 0.6) is 5.75 Å². The number of anilines is 3. The Balaban J connectivity index is 1.50. The van der Waals surface area contributed by atoms with Gasteiger partial charge < -0.3 is 20.5 Å². The second-order valence-electron chi connectivity index (χ2n) is 8.11. The molecule has 9 nitrogen and oxygen atoms in total. The lowest BCUT2D eigenvalue weighted by molar-refractivity contribution is -0.120. The fourth-order valence-electron chi connectivity index (χ4n) is 3.89. The van der Waals surface area contributed by atoms with E-state index in [1.807, 2.05) is 19.1 Å². The van der Waals surface area contributed by atoms with E-state index >= 15 is 0 Å². The number of ether oxygens (including phenoxy) is 1. The molecule has 0 spiro atoms. The fraction of sp³-hybridized carbons (Fsp3) is 0.111. The van der Waals surface area contributed by atoms with Gasteiger partial charge in [0.25, 0.3) is 17.7 Å². The maximum Gasteiger partial charge on any atom is 0.339 e. The van der Waals surface area contributed by atoms with E-state index in [-0.39, 0.29) is 38.3 Å². The minimum atomic E-state index is -1.22. The smallest absolute Gasteiger partial charge is 0.339 e. The summed E-state index contributed by atoms with van der Waals surface area (Å²) in [5.74, 6) is -2.92. The largest absolute Gasteiger partial charge is 0.496 e.